The number of benzene rings is 2. The Morgan fingerprint density at radius 2 is 1.17 bits per heavy atom. The lowest BCUT2D eigenvalue weighted by Gasteiger charge is -2.26. The van der Waals surface area contributed by atoms with Crippen LogP contribution in [-0.2, 0) is 20.2 Å². The van der Waals surface area contributed by atoms with E-state index in [9.17, 15) is 30.7 Å². The lowest BCUT2D eigenvalue weighted by molar-refractivity contribution is 0.255. The van der Waals surface area contributed by atoms with Crippen LogP contribution in [0.4, 0.5) is 27.5 Å². The molecule has 0 atom stereocenters. The van der Waals surface area contributed by atoms with Crippen LogP contribution in [0.2, 0.25) is 0 Å². The molecule has 0 aromatic heterocycles. The molecule has 0 aliphatic heterocycles. The molecule has 2 amide bonds. The minimum Gasteiger partial charge on any atom is -0.494 e. The predicted molar refractivity (Wildman–Crippen MR) is 106 cm³/mol. The first-order valence-electron chi connectivity index (χ1n) is 7.72. The third-order valence-electron chi connectivity index (χ3n) is 3.88. The fourth-order valence-electron chi connectivity index (χ4n) is 2.62. The van der Waals surface area contributed by atoms with Crippen molar-refractivity contribution in [3.63, 3.8) is 0 Å². The Balaban J connectivity index is 2.96. The maximum absolute atomic E-state index is 12.3. The number of nitrogens with zero attached hydrogens (tertiary/aromatic N) is 1. The van der Waals surface area contributed by atoms with Gasteiger partial charge in [-0.25, -0.2) is 4.79 Å². The van der Waals surface area contributed by atoms with E-state index >= 15 is 0 Å². The van der Waals surface area contributed by atoms with Crippen molar-refractivity contribution in [2.24, 2.45) is 5.73 Å². The monoisotopic (exact) mass is 462 g/mol. The normalized spacial score (nSPS) is 11.7. The molecule has 0 unspecified atom stereocenters. The van der Waals surface area contributed by atoms with Crippen molar-refractivity contribution < 1.29 is 40.2 Å². The zero-order chi connectivity index (χ0) is 23.0. The van der Waals surface area contributed by atoms with Crippen LogP contribution in [0.25, 0.3) is 0 Å². The van der Waals surface area contributed by atoms with E-state index in [-0.39, 0.29) is 22.9 Å². The summed E-state index contributed by atoms with van der Waals surface area (Å²) in [5.41, 5.74) is 15.2. The molecule has 2 rings (SSSR count). The molecule has 0 saturated carbocycles. The van der Waals surface area contributed by atoms with E-state index in [0.29, 0.717) is 4.90 Å². The van der Waals surface area contributed by atoms with Crippen molar-refractivity contribution in [2.75, 3.05) is 30.6 Å². The smallest absolute Gasteiger partial charge is 0.324 e. The van der Waals surface area contributed by atoms with Gasteiger partial charge >= 0.3 is 6.03 Å². The average Bonchev–Trinajstić information content (AvgIpc) is 2.61. The van der Waals surface area contributed by atoms with Gasteiger partial charge in [0.25, 0.3) is 20.2 Å². The number of nitrogens with two attached hydrogens (primary N) is 3. The van der Waals surface area contributed by atoms with E-state index in [1.165, 1.54) is 14.2 Å². The highest BCUT2D eigenvalue weighted by atomic mass is 32.2. The summed E-state index contributed by atoms with van der Waals surface area (Å²) in [4.78, 5) is 11.4. The second-order valence-corrected chi connectivity index (χ2v) is 8.53. The number of carbonyl (C=O) groups is 1. The van der Waals surface area contributed by atoms with Crippen molar-refractivity contribution in [2.45, 2.75) is 9.79 Å². The number of amides is 2. The molecule has 30 heavy (non-hydrogen) atoms. The standard InChI is InChI=1S/C15H18N4O9S2/c1-27-11-3-7(16)13(29(21,22)23)5-9(11)19(15(18)20)10-6-14(30(24,25)26)8(17)4-12(10)28-2/h3-6H,16-17H2,1-2H3,(H2,18,20)(H,21,22,23)(H,24,25,26). The van der Waals surface area contributed by atoms with Gasteiger partial charge in [-0.05, 0) is 12.1 Å². The molecule has 164 valence electrons. The van der Waals surface area contributed by atoms with Crippen LogP contribution in [-0.4, -0.2) is 46.2 Å². The molecule has 0 saturated heterocycles. The molecule has 0 aliphatic carbocycles. The molecular formula is C15H18N4O9S2. The summed E-state index contributed by atoms with van der Waals surface area (Å²) in [6.07, 6.45) is 0. The molecule has 0 spiro atoms. The van der Waals surface area contributed by atoms with Gasteiger partial charge in [-0.1, -0.05) is 0 Å². The zero-order valence-corrected chi connectivity index (χ0v) is 17.2. The third-order valence-corrected chi connectivity index (χ3v) is 5.70. The van der Waals surface area contributed by atoms with Gasteiger partial charge in [0.15, 0.2) is 0 Å². The molecule has 13 nitrogen and oxygen atoms in total. The van der Waals surface area contributed by atoms with Crippen molar-refractivity contribution in [1.29, 1.82) is 0 Å². The second kappa shape index (κ2) is 7.86. The number of primary amides is 1. The Hall–Kier alpha value is -3.27. The van der Waals surface area contributed by atoms with E-state index in [1.54, 1.807) is 0 Å². The Labute approximate surface area is 171 Å². The van der Waals surface area contributed by atoms with Crippen LogP contribution in [0.5, 0.6) is 11.5 Å². The summed E-state index contributed by atoms with van der Waals surface area (Å²) >= 11 is 0. The molecule has 0 bridgehead atoms. The first-order valence-corrected chi connectivity index (χ1v) is 10.6. The number of anilines is 4. The molecule has 2 aromatic rings. The van der Waals surface area contributed by atoms with Crippen molar-refractivity contribution in [3.05, 3.63) is 24.3 Å². The fraction of sp³-hybridized carbons (Fsp3) is 0.133. The van der Waals surface area contributed by atoms with Gasteiger partial charge in [0, 0.05) is 12.1 Å². The topological polar surface area (TPSA) is 226 Å². The average molecular weight is 462 g/mol. The lowest BCUT2D eigenvalue weighted by Crippen LogP contribution is -2.32. The maximum atomic E-state index is 12.3. The Kier molecular flexibility index (Phi) is 6.03. The van der Waals surface area contributed by atoms with Crippen LogP contribution < -0.4 is 31.6 Å². The highest BCUT2D eigenvalue weighted by molar-refractivity contribution is 7.86. The van der Waals surface area contributed by atoms with Crippen molar-refractivity contribution in [3.8, 4) is 11.5 Å². The molecule has 0 fully saturated rings. The summed E-state index contributed by atoms with van der Waals surface area (Å²) < 4.78 is 75.5. The van der Waals surface area contributed by atoms with Crippen LogP contribution in [0, 0.1) is 0 Å². The number of ether oxygens (including phenoxy) is 2. The van der Waals surface area contributed by atoms with Crippen molar-refractivity contribution in [1.82, 2.24) is 0 Å². The first kappa shape index (κ1) is 23.0. The van der Waals surface area contributed by atoms with Gasteiger partial charge in [0.05, 0.1) is 37.0 Å². The number of carbonyl (C=O) groups excluding carboxylic acids is 1. The third kappa shape index (κ3) is 4.33. The fourth-order valence-corrected chi connectivity index (χ4v) is 3.86. The number of urea groups is 1. The van der Waals surface area contributed by atoms with E-state index < -0.39 is 47.4 Å². The minimum absolute atomic E-state index is 0.161. The highest BCUT2D eigenvalue weighted by Gasteiger charge is 2.29. The van der Waals surface area contributed by atoms with Crippen LogP contribution in [0.15, 0.2) is 34.1 Å². The number of rotatable bonds is 6. The number of hydrogen-bond donors (Lipinski definition) is 5. The van der Waals surface area contributed by atoms with E-state index in [0.717, 1.165) is 24.3 Å². The largest absolute Gasteiger partial charge is 0.494 e. The van der Waals surface area contributed by atoms with E-state index in [1.807, 2.05) is 0 Å². The molecule has 0 heterocycles. The quantitative estimate of drug-likeness (QED) is 0.294. The van der Waals surface area contributed by atoms with Gasteiger partial charge in [-0.2, -0.15) is 16.8 Å². The summed E-state index contributed by atoms with van der Waals surface area (Å²) in [5.74, 6) is -0.322. The summed E-state index contributed by atoms with van der Waals surface area (Å²) in [5, 5.41) is 0. The predicted octanol–water partition coefficient (Wildman–Crippen LogP) is 0.578. The Morgan fingerprint density at radius 1 is 0.833 bits per heavy atom. The minimum atomic E-state index is -4.82. The van der Waals surface area contributed by atoms with Gasteiger partial charge < -0.3 is 26.7 Å². The lowest BCUT2D eigenvalue weighted by atomic mass is 10.2. The van der Waals surface area contributed by atoms with E-state index in [4.69, 9.17) is 26.7 Å². The maximum Gasteiger partial charge on any atom is 0.324 e. The molecule has 15 heteroatoms. The summed E-state index contributed by atoms with van der Waals surface area (Å²) in [6.45, 7) is 0. The number of hydrogen-bond acceptors (Lipinski definition) is 9. The molecule has 0 aliphatic rings. The van der Waals surface area contributed by atoms with E-state index in [2.05, 4.69) is 0 Å². The first-order chi connectivity index (χ1) is 13.7. The van der Waals surface area contributed by atoms with Crippen LogP contribution >= 0.6 is 0 Å². The summed E-state index contributed by atoms with van der Waals surface area (Å²) in [7, 11) is -7.30. The van der Waals surface area contributed by atoms with Crippen LogP contribution in [0.1, 0.15) is 0 Å². The Bertz CT molecular complexity index is 1140. The number of nitrogen functional groups attached to an aromatic ring is 2. The zero-order valence-electron chi connectivity index (χ0n) is 15.6. The van der Waals surface area contributed by atoms with Gasteiger partial charge in [0.1, 0.15) is 21.3 Å². The SMILES string of the molecule is COc1cc(N)c(S(=O)(=O)O)cc1N(C(N)=O)c1cc(S(=O)(=O)O)c(N)cc1OC. The number of methoxy groups -OCH3 is 2. The highest BCUT2D eigenvalue weighted by Crippen LogP contribution is 2.43. The molecular weight excluding hydrogens is 444 g/mol. The summed E-state index contributed by atoms with van der Waals surface area (Å²) in [6, 6.07) is 2.35. The van der Waals surface area contributed by atoms with Gasteiger partial charge in [-0.3, -0.25) is 14.0 Å². The van der Waals surface area contributed by atoms with Gasteiger partial charge in [-0.15, -0.1) is 0 Å². The molecule has 2 aromatic carbocycles. The second-order valence-electron chi connectivity index (χ2n) is 5.75. The van der Waals surface area contributed by atoms with Gasteiger partial charge in [0.2, 0.25) is 0 Å². The molecule has 8 N–H and O–H groups in total. The molecule has 0 radical (unpaired) electrons. The Morgan fingerprint density at radius 3 is 1.40 bits per heavy atom. The van der Waals surface area contributed by atoms with Crippen LogP contribution in [0.3, 0.4) is 0 Å². The van der Waals surface area contributed by atoms with Crippen molar-refractivity contribution >= 4 is 49.0 Å².